The molecule has 3 amide bonds. The molecule has 0 radical (unpaired) electrons. The Morgan fingerprint density at radius 1 is 0.933 bits per heavy atom. The maximum atomic E-state index is 13.0. The number of hydrogen-bond acceptors (Lipinski definition) is 12. The average Bonchev–Trinajstić information content (AvgIpc) is 2.95. The van der Waals surface area contributed by atoms with E-state index in [2.05, 4.69) is 26.4 Å². The first-order valence-electron chi connectivity index (χ1n) is 13.4. The van der Waals surface area contributed by atoms with Crippen molar-refractivity contribution in [1.29, 1.82) is 0 Å². The molecule has 2 rings (SSSR count). The second kappa shape index (κ2) is 16.6. The number of nitrogens with one attached hydrogen (secondary N) is 4. The largest absolute Gasteiger partial charge is 0.504 e. The van der Waals surface area contributed by atoms with Gasteiger partial charge in [-0.1, -0.05) is 0 Å². The maximum Gasteiger partial charge on any atom is 0.326 e. The molecule has 45 heavy (non-hydrogen) atoms. The number of carboxylic acid groups (broad SMARTS) is 3. The number of rotatable bonds is 17. The van der Waals surface area contributed by atoms with Gasteiger partial charge in [-0.3, -0.25) is 29.0 Å². The van der Waals surface area contributed by atoms with Gasteiger partial charge < -0.3 is 58.1 Å². The van der Waals surface area contributed by atoms with Gasteiger partial charge in [-0.15, -0.1) is 0 Å². The molecule has 1 unspecified atom stereocenters. The molecular formula is C25H36N8O12. The molecule has 1 aromatic carbocycles. The van der Waals surface area contributed by atoms with Gasteiger partial charge in [0.15, 0.2) is 17.5 Å². The van der Waals surface area contributed by atoms with Crippen LogP contribution in [-0.4, -0.2) is 121 Å². The summed E-state index contributed by atoms with van der Waals surface area (Å²) in [6, 6.07) is -3.56. The number of aromatic hydroxyl groups is 2. The van der Waals surface area contributed by atoms with E-state index in [1.165, 1.54) is 12.1 Å². The smallest absolute Gasteiger partial charge is 0.326 e. The quantitative estimate of drug-likeness (QED) is 0.0330. The monoisotopic (exact) mass is 640 g/mol. The lowest BCUT2D eigenvalue weighted by atomic mass is 9.94. The predicted octanol–water partition coefficient (Wildman–Crippen LogP) is -4.53. The molecule has 20 nitrogen and oxygen atoms in total. The molecule has 0 saturated heterocycles. The van der Waals surface area contributed by atoms with Crippen molar-refractivity contribution in [2.45, 2.75) is 56.4 Å². The van der Waals surface area contributed by atoms with Gasteiger partial charge >= 0.3 is 17.9 Å². The van der Waals surface area contributed by atoms with E-state index in [1.54, 1.807) is 0 Å². The average molecular weight is 641 g/mol. The molecule has 0 aliphatic carbocycles. The number of nitrogens with zero attached hydrogens (tertiary/aromatic N) is 2. The van der Waals surface area contributed by atoms with E-state index >= 15 is 0 Å². The Kier molecular flexibility index (Phi) is 13.3. The van der Waals surface area contributed by atoms with E-state index in [-0.39, 0.29) is 38.3 Å². The number of aliphatic imine (C=N–C) groups is 1. The highest BCUT2D eigenvalue weighted by Gasteiger charge is 2.36. The Labute approximate surface area is 255 Å². The fourth-order valence-corrected chi connectivity index (χ4v) is 4.30. The third-order valence-electron chi connectivity index (χ3n) is 6.55. The minimum atomic E-state index is -1.76. The molecule has 14 N–H and O–H groups in total. The number of phenols is 2. The molecule has 0 fully saturated rings. The normalized spacial score (nSPS) is 16.2. The van der Waals surface area contributed by atoms with Crippen LogP contribution < -0.4 is 32.8 Å². The van der Waals surface area contributed by atoms with Gasteiger partial charge in [0.25, 0.3) is 0 Å². The molecule has 0 aromatic heterocycles. The second-order valence-electron chi connectivity index (χ2n) is 9.94. The molecule has 4 atom stereocenters. The number of aliphatic hydroxyl groups excluding tert-OH is 1. The first-order chi connectivity index (χ1) is 21.1. The highest BCUT2D eigenvalue weighted by molar-refractivity contribution is 5.94. The minimum Gasteiger partial charge on any atom is -0.504 e. The standard InChI is InChI=1S/C25H36N8O12/c26-25(27)28-3-1-2-13(23(42)43)30-19(37)8-29-21(40)14(7-20(38)39)31-22(41)15(10-34)32-33-9-12-6-18(36)17(35)5-11(12)4-16(33)24(44)45/h5-6,13-16,32,34-36H,1-4,7-10H2,(H,29,40)(H,30,37)(H,31,41)(H,38,39)(H,42,43)(H,44,45)(H4,26,27,28)/t13-,14-,15-,16?/m0/s1. The number of phenolic OH excluding ortho intramolecular Hbond substituents is 2. The van der Waals surface area contributed by atoms with Gasteiger partial charge in [-0.05, 0) is 36.1 Å². The van der Waals surface area contributed by atoms with E-state index in [0.29, 0.717) is 11.1 Å². The topological polar surface area (TPSA) is 340 Å². The van der Waals surface area contributed by atoms with Crippen LogP contribution in [0.15, 0.2) is 17.1 Å². The van der Waals surface area contributed by atoms with Crippen molar-refractivity contribution in [3.05, 3.63) is 23.3 Å². The van der Waals surface area contributed by atoms with E-state index in [4.69, 9.17) is 11.5 Å². The van der Waals surface area contributed by atoms with Crippen molar-refractivity contribution >= 4 is 41.6 Å². The third-order valence-corrected chi connectivity index (χ3v) is 6.55. The zero-order chi connectivity index (χ0) is 33.8. The molecular weight excluding hydrogens is 604 g/mol. The summed E-state index contributed by atoms with van der Waals surface area (Å²) in [7, 11) is 0. The summed E-state index contributed by atoms with van der Waals surface area (Å²) in [6.45, 7) is -1.79. The van der Waals surface area contributed by atoms with Gasteiger partial charge in [0.1, 0.15) is 24.2 Å². The number of fused-ring (bicyclic) bond motifs is 1. The van der Waals surface area contributed by atoms with Crippen LogP contribution >= 0.6 is 0 Å². The zero-order valence-electron chi connectivity index (χ0n) is 23.8. The Morgan fingerprint density at radius 2 is 1.58 bits per heavy atom. The van der Waals surface area contributed by atoms with Crippen LogP contribution in [0.5, 0.6) is 11.5 Å². The number of carboxylic acids is 3. The van der Waals surface area contributed by atoms with Crippen molar-refractivity contribution in [2.75, 3.05) is 19.7 Å². The molecule has 0 saturated carbocycles. The Bertz CT molecular complexity index is 1320. The number of benzene rings is 1. The summed E-state index contributed by atoms with van der Waals surface area (Å²) in [5.74, 6) is -8.46. The second-order valence-corrected chi connectivity index (χ2v) is 9.94. The van der Waals surface area contributed by atoms with Gasteiger partial charge in [0.2, 0.25) is 17.7 Å². The maximum absolute atomic E-state index is 13.0. The summed E-state index contributed by atoms with van der Waals surface area (Å²) in [4.78, 5) is 76.4. The van der Waals surface area contributed by atoms with Gasteiger partial charge in [0.05, 0.1) is 19.6 Å². The summed E-state index contributed by atoms with van der Waals surface area (Å²) in [6.07, 6.45) is -0.945. The van der Waals surface area contributed by atoms with Crippen LogP contribution in [-0.2, 0) is 41.7 Å². The summed E-state index contributed by atoms with van der Waals surface area (Å²) < 4.78 is 0. The molecule has 0 spiro atoms. The lowest BCUT2D eigenvalue weighted by molar-refractivity contribution is -0.148. The SMILES string of the molecule is NC(N)=NCCC[C@H](NC(=O)CNC(=O)[C@H](CC(=O)O)NC(=O)[C@H](CO)NN1Cc2cc(O)c(O)cc2CC1C(=O)O)C(=O)O. The number of carbonyl (C=O) groups excluding carboxylic acids is 3. The number of hydrogen-bond donors (Lipinski definition) is 12. The number of guanidine groups is 1. The lowest BCUT2D eigenvalue weighted by Gasteiger charge is -2.36. The fourth-order valence-electron chi connectivity index (χ4n) is 4.30. The van der Waals surface area contributed by atoms with Crippen molar-refractivity contribution in [1.82, 2.24) is 26.4 Å². The molecule has 20 heteroatoms. The van der Waals surface area contributed by atoms with Crippen LogP contribution in [0.3, 0.4) is 0 Å². The molecule has 1 heterocycles. The first kappa shape index (κ1) is 36.0. The minimum absolute atomic E-state index is 0.0476. The van der Waals surface area contributed by atoms with E-state index in [9.17, 15) is 59.4 Å². The van der Waals surface area contributed by atoms with Crippen LogP contribution in [0.2, 0.25) is 0 Å². The lowest BCUT2D eigenvalue weighted by Crippen LogP contribution is -2.61. The van der Waals surface area contributed by atoms with Crippen molar-refractivity contribution in [2.24, 2.45) is 16.5 Å². The predicted molar refractivity (Wildman–Crippen MR) is 151 cm³/mol. The highest BCUT2D eigenvalue weighted by Crippen LogP contribution is 2.32. The summed E-state index contributed by atoms with van der Waals surface area (Å²) >= 11 is 0. The number of nitrogens with two attached hydrogens (primary N) is 2. The van der Waals surface area contributed by atoms with Gasteiger partial charge in [-0.2, -0.15) is 0 Å². The number of hydrazine groups is 1. The van der Waals surface area contributed by atoms with Crippen molar-refractivity contribution in [3.63, 3.8) is 0 Å². The highest BCUT2D eigenvalue weighted by atomic mass is 16.4. The number of aliphatic carboxylic acids is 3. The Balaban J connectivity index is 2.05. The molecule has 0 bridgehead atoms. The summed E-state index contributed by atoms with van der Waals surface area (Å²) in [5, 5.41) is 65.2. The van der Waals surface area contributed by atoms with Gasteiger partial charge in [0, 0.05) is 19.5 Å². The molecule has 1 aliphatic heterocycles. The number of carbonyl (C=O) groups is 6. The van der Waals surface area contributed by atoms with E-state index in [1.807, 2.05) is 0 Å². The Hall–Kier alpha value is -5.21. The van der Waals surface area contributed by atoms with Crippen molar-refractivity contribution < 1.29 is 59.4 Å². The first-order valence-corrected chi connectivity index (χ1v) is 13.4. The third kappa shape index (κ3) is 11.1. The van der Waals surface area contributed by atoms with E-state index in [0.717, 1.165) is 5.01 Å². The molecule has 1 aliphatic rings. The number of amides is 3. The zero-order valence-corrected chi connectivity index (χ0v) is 23.8. The van der Waals surface area contributed by atoms with Crippen LogP contribution in [0.4, 0.5) is 0 Å². The van der Waals surface area contributed by atoms with Crippen molar-refractivity contribution in [3.8, 4) is 11.5 Å². The molecule has 1 aromatic rings. The Morgan fingerprint density at radius 3 is 2.13 bits per heavy atom. The molecule has 248 valence electrons. The van der Waals surface area contributed by atoms with Crippen LogP contribution in [0, 0.1) is 0 Å². The summed E-state index contributed by atoms with van der Waals surface area (Å²) in [5.41, 5.74) is 13.8. The van der Waals surface area contributed by atoms with E-state index < -0.39 is 90.9 Å². The van der Waals surface area contributed by atoms with Gasteiger partial charge in [-0.25, -0.2) is 15.2 Å². The fraction of sp³-hybridized carbons (Fsp3) is 0.480. The van der Waals surface area contributed by atoms with Crippen LogP contribution in [0.1, 0.15) is 30.4 Å². The number of aliphatic hydroxyl groups is 1. The van der Waals surface area contributed by atoms with Crippen LogP contribution in [0.25, 0.3) is 0 Å².